The molecule has 1 saturated heterocycles. The minimum atomic E-state index is -1.16. The molecular weight excluding hydrogens is 364 g/mol. The predicted octanol–water partition coefficient (Wildman–Crippen LogP) is 1.30. The summed E-state index contributed by atoms with van der Waals surface area (Å²) in [4.78, 5) is 38.8. The number of aromatic carboxylic acids is 1. The van der Waals surface area contributed by atoms with E-state index in [1.807, 2.05) is 0 Å². The van der Waals surface area contributed by atoms with Crippen molar-refractivity contribution in [2.45, 2.75) is 12.8 Å². The first kappa shape index (κ1) is 19.3. The summed E-state index contributed by atoms with van der Waals surface area (Å²) in [6.07, 6.45) is 2.52. The molecule has 28 heavy (non-hydrogen) atoms. The van der Waals surface area contributed by atoms with Crippen LogP contribution in [-0.2, 0) is 4.79 Å². The average molecular weight is 386 g/mol. The zero-order valence-electron chi connectivity index (χ0n) is 15.7. The molecule has 1 aromatic heterocycles. The topological polar surface area (TPSA) is 121 Å². The number of nitrogens with one attached hydrogen (secondary N) is 1. The van der Waals surface area contributed by atoms with Crippen LogP contribution < -0.4 is 5.32 Å². The Morgan fingerprint density at radius 2 is 1.93 bits per heavy atom. The van der Waals surface area contributed by atoms with Crippen LogP contribution in [0.5, 0.6) is 0 Å². The first-order valence-electron chi connectivity index (χ1n) is 8.88. The van der Waals surface area contributed by atoms with Crippen LogP contribution >= 0.6 is 0 Å². The Morgan fingerprint density at radius 1 is 1.21 bits per heavy atom. The summed E-state index contributed by atoms with van der Waals surface area (Å²) in [6, 6.07) is 6.89. The summed E-state index contributed by atoms with van der Waals surface area (Å²) in [5, 5.41) is 19.2. The summed E-state index contributed by atoms with van der Waals surface area (Å²) in [5.74, 6) is -1.42. The normalized spacial score (nSPS) is 14.6. The van der Waals surface area contributed by atoms with Crippen molar-refractivity contribution in [3.05, 3.63) is 36.2 Å². The Hall–Kier alpha value is -3.43. The number of likely N-dealkylation sites (tertiary alicyclic amines) is 1. The van der Waals surface area contributed by atoms with Gasteiger partial charge in [0.25, 0.3) is 0 Å². The molecule has 10 nitrogen and oxygen atoms in total. The molecule has 0 atom stereocenters. The highest BCUT2D eigenvalue weighted by Gasteiger charge is 2.28. The van der Waals surface area contributed by atoms with Gasteiger partial charge >= 0.3 is 12.0 Å². The Balaban J connectivity index is 1.62. The van der Waals surface area contributed by atoms with Crippen molar-refractivity contribution in [1.29, 1.82) is 0 Å². The number of hydrogen-bond acceptors (Lipinski definition) is 5. The van der Waals surface area contributed by atoms with Gasteiger partial charge in [-0.1, -0.05) is 11.3 Å². The molecule has 1 aliphatic heterocycles. The van der Waals surface area contributed by atoms with Gasteiger partial charge in [-0.25, -0.2) is 14.3 Å². The Bertz CT molecular complexity index is 886. The lowest BCUT2D eigenvalue weighted by Crippen LogP contribution is -2.45. The van der Waals surface area contributed by atoms with E-state index in [2.05, 4.69) is 15.6 Å². The standard InChI is InChI=1S/C18H22N6O4/c1-22(2)18(28)23-8-6-12(7-9-23)16(25)19-13-4-3-5-14(10-13)24-11-15(17(26)27)20-21-24/h3-5,10-12H,6-9H2,1-2H3,(H,19,25)(H,26,27). The maximum atomic E-state index is 12.6. The molecule has 3 amide bonds. The SMILES string of the molecule is CN(C)C(=O)N1CCC(C(=O)Nc2cccc(-n3cc(C(=O)O)nn3)c2)CC1. The first-order valence-corrected chi connectivity index (χ1v) is 8.88. The van der Waals surface area contributed by atoms with Crippen LogP contribution in [0.3, 0.4) is 0 Å². The second-order valence-electron chi connectivity index (χ2n) is 6.83. The number of carbonyl (C=O) groups excluding carboxylic acids is 2. The lowest BCUT2D eigenvalue weighted by molar-refractivity contribution is -0.121. The number of aromatic nitrogens is 3. The molecule has 0 bridgehead atoms. The van der Waals surface area contributed by atoms with Crippen LogP contribution in [0.15, 0.2) is 30.5 Å². The lowest BCUT2D eigenvalue weighted by Gasteiger charge is -2.33. The van der Waals surface area contributed by atoms with Crippen molar-refractivity contribution in [2.24, 2.45) is 5.92 Å². The fourth-order valence-corrected chi connectivity index (χ4v) is 3.07. The van der Waals surface area contributed by atoms with E-state index < -0.39 is 5.97 Å². The van der Waals surface area contributed by atoms with Crippen LogP contribution in [0.4, 0.5) is 10.5 Å². The minimum Gasteiger partial charge on any atom is -0.476 e. The number of benzene rings is 1. The second-order valence-corrected chi connectivity index (χ2v) is 6.83. The second kappa shape index (κ2) is 8.07. The molecule has 0 unspecified atom stereocenters. The highest BCUT2D eigenvalue weighted by atomic mass is 16.4. The Kier molecular flexibility index (Phi) is 5.57. The van der Waals surface area contributed by atoms with E-state index in [1.54, 1.807) is 43.3 Å². The van der Waals surface area contributed by atoms with Gasteiger partial charge in [-0.05, 0) is 31.0 Å². The zero-order valence-corrected chi connectivity index (χ0v) is 15.7. The zero-order chi connectivity index (χ0) is 20.3. The Morgan fingerprint density at radius 3 is 2.54 bits per heavy atom. The summed E-state index contributed by atoms with van der Waals surface area (Å²) < 4.78 is 1.34. The van der Waals surface area contributed by atoms with Crippen molar-refractivity contribution in [2.75, 3.05) is 32.5 Å². The van der Waals surface area contributed by atoms with Gasteiger partial charge in [0.1, 0.15) is 0 Å². The molecule has 2 N–H and O–H groups in total. The van der Waals surface area contributed by atoms with Crippen molar-refractivity contribution in [3.63, 3.8) is 0 Å². The number of carbonyl (C=O) groups is 3. The molecule has 10 heteroatoms. The highest BCUT2D eigenvalue weighted by Crippen LogP contribution is 2.21. The number of nitrogens with zero attached hydrogens (tertiary/aromatic N) is 5. The molecule has 0 spiro atoms. The fraction of sp³-hybridized carbons (Fsp3) is 0.389. The van der Waals surface area contributed by atoms with Crippen molar-refractivity contribution >= 4 is 23.6 Å². The van der Waals surface area contributed by atoms with E-state index in [-0.39, 0.29) is 23.6 Å². The first-order chi connectivity index (χ1) is 13.3. The molecule has 148 valence electrons. The van der Waals surface area contributed by atoms with Gasteiger partial charge in [0, 0.05) is 38.8 Å². The van der Waals surface area contributed by atoms with E-state index in [0.717, 1.165) is 0 Å². The quantitative estimate of drug-likeness (QED) is 0.817. The van der Waals surface area contributed by atoms with Gasteiger partial charge in [-0.2, -0.15) is 0 Å². The maximum Gasteiger partial charge on any atom is 0.358 e. The highest BCUT2D eigenvalue weighted by molar-refractivity contribution is 5.93. The number of urea groups is 1. The number of rotatable bonds is 4. The number of carboxylic acid groups (broad SMARTS) is 1. The molecule has 0 radical (unpaired) electrons. The van der Waals surface area contributed by atoms with Gasteiger partial charge in [-0.15, -0.1) is 5.10 Å². The van der Waals surface area contributed by atoms with E-state index in [0.29, 0.717) is 37.3 Å². The lowest BCUT2D eigenvalue weighted by atomic mass is 9.96. The number of piperidine rings is 1. The van der Waals surface area contributed by atoms with Crippen LogP contribution in [-0.4, -0.2) is 75.0 Å². The molecule has 0 saturated carbocycles. The number of anilines is 1. The molecule has 0 aliphatic carbocycles. The van der Waals surface area contributed by atoms with E-state index in [1.165, 1.54) is 15.8 Å². The number of hydrogen-bond donors (Lipinski definition) is 2. The summed E-state index contributed by atoms with van der Waals surface area (Å²) in [5.41, 5.74) is 1.01. The fourth-order valence-electron chi connectivity index (χ4n) is 3.07. The molecule has 2 heterocycles. The predicted molar refractivity (Wildman–Crippen MR) is 100 cm³/mol. The molecule has 1 aliphatic rings. The average Bonchev–Trinajstić information content (AvgIpc) is 3.18. The number of carboxylic acids is 1. The van der Waals surface area contributed by atoms with Crippen molar-refractivity contribution in [3.8, 4) is 5.69 Å². The summed E-state index contributed by atoms with van der Waals surface area (Å²) >= 11 is 0. The van der Waals surface area contributed by atoms with Gasteiger partial charge in [-0.3, -0.25) is 4.79 Å². The van der Waals surface area contributed by atoms with E-state index in [9.17, 15) is 14.4 Å². The molecule has 3 rings (SSSR count). The molecule has 1 aromatic carbocycles. The van der Waals surface area contributed by atoms with Gasteiger partial charge < -0.3 is 20.2 Å². The third kappa shape index (κ3) is 4.27. The van der Waals surface area contributed by atoms with E-state index >= 15 is 0 Å². The largest absolute Gasteiger partial charge is 0.476 e. The van der Waals surface area contributed by atoms with Gasteiger partial charge in [0.15, 0.2) is 5.69 Å². The monoisotopic (exact) mass is 386 g/mol. The third-order valence-electron chi connectivity index (χ3n) is 4.61. The molecular formula is C18H22N6O4. The van der Waals surface area contributed by atoms with Gasteiger partial charge in [0.2, 0.25) is 5.91 Å². The number of amides is 3. The van der Waals surface area contributed by atoms with Crippen molar-refractivity contribution < 1.29 is 19.5 Å². The van der Waals surface area contributed by atoms with Crippen molar-refractivity contribution in [1.82, 2.24) is 24.8 Å². The van der Waals surface area contributed by atoms with Gasteiger partial charge in [0.05, 0.1) is 11.9 Å². The minimum absolute atomic E-state index is 0.0416. The molecule has 2 aromatic rings. The van der Waals surface area contributed by atoms with Crippen LogP contribution in [0.2, 0.25) is 0 Å². The molecule has 1 fully saturated rings. The van der Waals surface area contributed by atoms with E-state index in [4.69, 9.17) is 5.11 Å². The maximum absolute atomic E-state index is 12.6. The van der Waals surface area contributed by atoms with Crippen LogP contribution in [0, 0.1) is 5.92 Å². The Labute approximate surface area is 161 Å². The summed E-state index contributed by atoms with van der Waals surface area (Å²) in [7, 11) is 3.42. The third-order valence-corrected chi connectivity index (χ3v) is 4.61. The summed E-state index contributed by atoms with van der Waals surface area (Å²) in [6.45, 7) is 1.10. The smallest absolute Gasteiger partial charge is 0.358 e. The van der Waals surface area contributed by atoms with Crippen LogP contribution in [0.1, 0.15) is 23.3 Å². The van der Waals surface area contributed by atoms with Crippen LogP contribution in [0.25, 0.3) is 5.69 Å².